The Labute approximate surface area is 111 Å². The van der Waals surface area contributed by atoms with Crippen molar-refractivity contribution in [2.75, 3.05) is 6.54 Å². The summed E-state index contributed by atoms with van der Waals surface area (Å²) in [5, 5.41) is 3.07. The van der Waals surface area contributed by atoms with Crippen LogP contribution in [0.25, 0.3) is 0 Å². The summed E-state index contributed by atoms with van der Waals surface area (Å²) < 4.78 is 0. The van der Waals surface area contributed by atoms with Gasteiger partial charge in [-0.25, -0.2) is 4.79 Å². The predicted octanol–water partition coefficient (Wildman–Crippen LogP) is 2.48. The molecule has 2 amide bonds. The molecular weight excluding hydrogens is 226 g/mol. The van der Waals surface area contributed by atoms with E-state index in [0.29, 0.717) is 12.1 Å². The Kier molecular flexibility index (Phi) is 5.45. The molecule has 1 aliphatic rings. The zero-order valence-electron chi connectivity index (χ0n) is 12.3. The first-order valence-corrected chi connectivity index (χ1v) is 7.18. The van der Waals surface area contributed by atoms with Crippen LogP contribution in [0.15, 0.2) is 0 Å². The van der Waals surface area contributed by atoms with Crippen molar-refractivity contribution in [2.24, 2.45) is 5.73 Å². The molecule has 1 aliphatic carbocycles. The molecule has 3 N–H and O–H groups in total. The Morgan fingerprint density at radius 3 is 2.28 bits per heavy atom. The third-order valence-electron chi connectivity index (χ3n) is 3.39. The molecule has 0 aromatic rings. The fraction of sp³-hybridized carbons (Fsp3) is 0.929. The largest absolute Gasteiger partial charge is 0.333 e. The van der Waals surface area contributed by atoms with Gasteiger partial charge in [-0.3, -0.25) is 0 Å². The molecule has 106 valence electrons. The highest BCUT2D eigenvalue weighted by molar-refractivity contribution is 5.75. The first kappa shape index (κ1) is 15.3. The van der Waals surface area contributed by atoms with Crippen LogP contribution in [0.5, 0.6) is 0 Å². The molecule has 0 aliphatic heterocycles. The molecule has 18 heavy (non-hydrogen) atoms. The van der Waals surface area contributed by atoms with E-state index in [1.54, 1.807) is 0 Å². The van der Waals surface area contributed by atoms with Crippen LogP contribution < -0.4 is 11.1 Å². The minimum absolute atomic E-state index is 0.0739. The average molecular weight is 255 g/mol. The van der Waals surface area contributed by atoms with Crippen LogP contribution in [0.2, 0.25) is 0 Å². The quantitative estimate of drug-likeness (QED) is 0.814. The Morgan fingerprint density at radius 1 is 1.28 bits per heavy atom. The summed E-state index contributed by atoms with van der Waals surface area (Å²) >= 11 is 0. The van der Waals surface area contributed by atoms with Crippen LogP contribution in [0.3, 0.4) is 0 Å². The van der Waals surface area contributed by atoms with Crippen molar-refractivity contribution >= 4 is 6.03 Å². The number of amides is 2. The van der Waals surface area contributed by atoms with Crippen molar-refractivity contribution in [1.29, 1.82) is 0 Å². The monoisotopic (exact) mass is 255 g/mol. The van der Waals surface area contributed by atoms with Crippen molar-refractivity contribution in [1.82, 2.24) is 10.2 Å². The summed E-state index contributed by atoms with van der Waals surface area (Å²) in [6, 6.07) is 0.771. The van der Waals surface area contributed by atoms with Gasteiger partial charge in [0.05, 0.1) is 0 Å². The smallest absolute Gasteiger partial charge is 0.318 e. The van der Waals surface area contributed by atoms with E-state index in [0.717, 1.165) is 38.6 Å². The second-order valence-corrected chi connectivity index (χ2v) is 6.44. The molecule has 0 atom stereocenters. The summed E-state index contributed by atoms with van der Waals surface area (Å²) in [6.45, 7) is 9.01. The lowest BCUT2D eigenvalue weighted by atomic mass is 9.90. The number of nitrogens with zero attached hydrogens (tertiary/aromatic N) is 1. The number of urea groups is 1. The maximum atomic E-state index is 12.3. The summed E-state index contributed by atoms with van der Waals surface area (Å²) in [5.74, 6) is 0. The highest BCUT2D eigenvalue weighted by atomic mass is 16.2. The fourth-order valence-electron chi connectivity index (χ4n) is 2.50. The molecule has 0 heterocycles. The van der Waals surface area contributed by atoms with Crippen LogP contribution >= 0.6 is 0 Å². The Morgan fingerprint density at radius 2 is 1.83 bits per heavy atom. The van der Waals surface area contributed by atoms with Gasteiger partial charge in [0.15, 0.2) is 0 Å². The third-order valence-corrected chi connectivity index (χ3v) is 3.39. The van der Waals surface area contributed by atoms with Gasteiger partial charge in [-0.2, -0.15) is 0 Å². The molecule has 4 nitrogen and oxygen atoms in total. The van der Waals surface area contributed by atoms with Gasteiger partial charge in [0.1, 0.15) is 0 Å². The molecule has 1 rings (SSSR count). The second-order valence-electron chi connectivity index (χ2n) is 6.44. The van der Waals surface area contributed by atoms with Gasteiger partial charge < -0.3 is 16.0 Å². The van der Waals surface area contributed by atoms with Crippen LogP contribution in [0.1, 0.15) is 59.8 Å². The summed E-state index contributed by atoms with van der Waals surface area (Å²) in [7, 11) is 0. The molecule has 1 saturated carbocycles. The SMILES string of the molecule is CCCN(C(=O)NC(C)(C)C)C1CCC(N)CC1. The number of rotatable bonds is 3. The van der Waals surface area contributed by atoms with Gasteiger partial charge in [0, 0.05) is 24.2 Å². The van der Waals surface area contributed by atoms with Crippen molar-refractivity contribution in [3.63, 3.8) is 0 Å². The Balaban J connectivity index is 2.61. The normalized spacial score (nSPS) is 24.7. The molecule has 0 radical (unpaired) electrons. The van der Waals surface area contributed by atoms with Gasteiger partial charge in [-0.05, 0) is 52.9 Å². The average Bonchev–Trinajstić information content (AvgIpc) is 2.25. The Hall–Kier alpha value is -0.770. The van der Waals surface area contributed by atoms with Crippen molar-refractivity contribution in [3.8, 4) is 0 Å². The number of nitrogens with one attached hydrogen (secondary N) is 1. The number of carbonyl (C=O) groups excluding carboxylic acids is 1. The van der Waals surface area contributed by atoms with Crippen LogP contribution in [0.4, 0.5) is 4.79 Å². The fourth-order valence-corrected chi connectivity index (χ4v) is 2.50. The molecule has 0 unspecified atom stereocenters. The first-order valence-electron chi connectivity index (χ1n) is 7.18. The van der Waals surface area contributed by atoms with E-state index >= 15 is 0 Å². The van der Waals surface area contributed by atoms with Crippen LogP contribution in [-0.2, 0) is 0 Å². The first-order chi connectivity index (χ1) is 8.33. The Bertz CT molecular complexity index is 265. The molecule has 4 heteroatoms. The van der Waals surface area contributed by atoms with Gasteiger partial charge in [-0.1, -0.05) is 6.92 Å². The number of carbonyl (C=O) groups is 1. The lowest BCUT2D eigenvalue weighted by Gasteiger charge is -2.37. The van der Waals surface area contributed by atoms with E-state index < -0.39 is 0 Å². The molecular formula is C14H29N3O. The van der Waals surface area contributed by atoms with Crippen LogP contribution in [0, 0.1) is 0 Å². The summed E-state index contributed by atoms with van der Waals surface area (Å²) in [4.78, 5) is 14.3. The molecule has 0 aromatic heterocycles. The molecule has 0 saturated heterocycles. The van der Waals surface area contributed by atoms with E-state index in [2.05, 4.69) is 12.2 Å². The molecule has 0 aromatic carbocycles. The number of hydrogen-bond donors (Lipinski definition) is 2. The third kappa shape index (κ3) is 4.84. The van der Waals surface area contributed by atoms with Gasteiger partial charge in [0.2, 0.25) is 0 Å². The summed E-state index contributed by atoms with van der Waals surface area (Å²) in [6.07, 6.45) is 5.15. The van der Waals surface area contributed by atoms with Gasteiger partial charge in [0.25, 0.3) is 0 Å². The topological polar surface area (TPSA) is 58.4 Å². The van der Waals surface area contributed by atoms with Crippen molar-refractivity contribution in [3.05, 3.63) is 0 Å². The molecule has 0 bridgehead atoms. The number of hydrogen-bond acceptors (Lipinski definition) is 2. The van der Waals surface area contributed by atoms with Crippen molar-refractivity contribution < 1.29 is 4.79 Å². The van der Waals surface area contributed by atoms with Crippen LogP contribution in [-0.4, -0.2) is 35.1 Å². The zero-order valence-corrected chi connectivity index (χ0v) is 12.3. The zero-order chi connectivity index (χ0) is 13.8. The lowest BCUT2D eigenvalue weighted by molar-refractivity contribution is 0.145. The standard InChI is InChI=1S/C14H29N3O/c1-5-10-17(13(18)16-14(2,3)4)12-8-6-11(15)7-9-12/h11-12H,5-10,15H2,1-4H3,(H,16,18). The van der Waals surface area contributed by atoms with E-state index in [9.17, 15) is 4.79 Å². The lowest BCUT2D eigenvalue weighted by Crippen LogP contribution is -2.53. The van der Waals surface area contributed by atoms with E-state index in [4.69, 9.17) is 5.73 Å². The predicted molar refractivity (Wildman–Crippen MR) is 75.5 cm³/mol. The second kappa shape index (κ2) is 6.41. The highest BCUT2D eigenvalue weighted by Crippen LogP contribution is 2.22. The maximum absolute atomic E-state index is 12.3. The van der Waals surface area contributed by atoms with Crippen molar-refractivity contribution in [2.45, 2.75) is 77.4 Å². The minimum atomic E-state index is -0.172. The van der Waals surface area contributed by atoms with E-state index in [1.165, 1.54) is 0 Å². The van der Waals surface area contributed by atoms with E-state index in [-0.39, 0.29) is 11.6 Å². The molecule has 0 spiro atoms. The summed E-state index contributed by atoms with van der Waals surface area (Å²) in [5.41, 5.74) is 5.76. The molecule has 1 fully saturated rings. The maximum Gasteiger partial charge on any atom is 0.318 e. The van der Waals surface area contributed by atoms with Gasteiger partial charge in [-0.15, -0.1) is 0 Å². The highest BCUT2D eigenvalue weighted by Gasteiger charge is 2.28. The number of nitrogens with two attached hydrogens (primary N) is 1. The van der Waals surface area contributed by atoms with Gasteiger partial charge >= 0.3 is 6.03 Å². The van der Waals surface area contributed by atoms with E-state index in [1.807, 2.05) is 25.7 Å². The minimum Gasteiger partial charge on any atom is -0.333 e.